The van der Waals surface area contributed by atoms with E-state index in [0.29, 0.717) is 42.7 Å². The predicted molar refractivity (Wildman–Crippen MR) is 179 cm³/mol. The lowest BCUT2D eigenvalue weighted by Crippen LogP contribution is -2.60. The van der Waals surface area contributed by atoms with Crippen LogP contribution in [-0.2, 0) is 29.7 Å². The van der Waals surface area contributed by atoms with Gasteiger partial charge in [-0.2, -0.15) is 0 Å². The van der Waals surface area contributed by atoms with E-state index in [9.17, 15) is 4.79 Å². The highest BCUT2D eigenvalue weighted by Crippen LogP contribution is 2.61. The number of ether oxygens (including phenoxy) is 2. The third-order valence-corrected chi connectivity index (χ3v) is 22.4. The fourth-order valence-electron chi connectivity index (χ4n) is 8.09. The number of carbonyl (C=O) groups is 1. The van der Waals surface area contributed by atoms with Crippen LogP contribution < -0.4 is 0 Å². The summed E-state index contributed by atoms with van der Waals surface area (Å²) in [6.07, 6.45) is 0.996. The molecule has 1 heterocycles. The van der Waals surface area contributed by atoms with Crippen molar-refractivity contribution in [1.29, 1.82) is 0 Å². The minimum atomic E-state index is -2.15. The maximum Gasteiger partial charge on any atom is 0.306 e. The molecule has 0 N–H and O–H groups in total. The molecule has 0 unspecified atom stereocenters. The summed E-state index contributed by atoms with van der Waals surface area (Å²) >= 11 is 0. The van der Waals surface area contributed by atoms with Crippen molar-refractivity contribution in [2.75, 3.05) is 6.61 Å². The minimum absolute atomic E-state index is 0.0375. The third kappa shape index (κ3) is 6.37. The van der Waals surface area contributed by atoms with Gasteiger partial charge in [-0.1, -0.05) is 106 Å². The molecule has 1 aliphatic heterocycles. The van der Waals surface area contributed by atoms with Gasteiger partial charge in [0.25, 0.3) is 0 Å². The molecule has 2 aliphatic rings. The molecule has 1 aromatic rings. The van der Waals surface area contributed by atoms with Gasteiger partial charge in [-0.3, -0.25) is 4.79 Å². The number of rotatable bonds is 13. The van der Waals surface area contributed by atoms with Crippen molar-refractivity contribution in [3.8, 4) is 0 Å². The molecule has 1 aliphatic carbocycles. The molecule has 0 spiro atoms. The summed E-state index contributed by atoms with van der Waals surface area (Å²) in [7, 11) is -4.28. The number of esters is 1. The Hall–Kier alpha value is -0.996. The standard InChI is InChI=1S/C35H62O5Si2/c1-24(2)42(25(3)4,26(5)6)40-31-21-35(30(27(31)7)20-32(36)38-35)34(12,23-37-22-29-18-16-15-17-19-29)28(8)39-41(13,14)33(9,10)11/h15-19,24-28,30-31H,20-23H2,1-14H3/t27-,28-,30-,31+,34-,35+/m0/s1. The molecule has 6 atom stereocenters. The van der Waals surface area contributed by atoms with Crippen LogP contribution in [0.3, 0.4) is 0 Å². The van der Waals surface area contributed by atoms with Crippen LogP contribution in [-0.4, -0.2) is 47.0 Å². The molecule has 1 saturated carbocycles. The zero-order valence-electron chi connectivity index (χ0n) is 29.3. The average Bonchev–Trinajstić information content (AvgIpc) is 3.34. The van der Waals surface area contributed by atoms with Gasteiger partial charge in [-0.15, -0.1) is 0 Å². The molecule has 0 radical (unpaired) electrons. The summed E-state index contributed by atoms with van der Waals surface area (Å²) in [5.74, 6) is 0.163. The molecule has 1 aromatic carbocycles. The number of hydrogen-bond donors (Lipinski definition) is 0. The Morgan fingerprint density at radius 1 is 0.952 bits per heavy atom. The van der Waals surface area contributed by atoms with Gasteiger partial charge in [0.15, 0.2) is 8.32 Å². The number of benzene rings is 1. The summed E-state index contributed by atoms with van der Waals surface area (Å²) in [4.78, 5) is 13.2. The Morgan fingerprint density at radius 2 is 1.50 bits per heavy atom. The van der Waals surface area contributed by atoms with Crippen LogP contribution in [0.15, 0.2) is 30.3 Å². The molecule has 3 rings (SSSR count). The molecular formula is C35H62O5Si2. The second-order valence-electron chi connectivity index (χ2n) is 16.1. The quantitative estimate of drug-likeness (QED) is 0.163. The van der Waals surface area contributed by atoms with Crippen molar-refractivity contribution in [3.05, 3.63) is 35.9 Å². The lowest BCUT2D eigenvalue weighted by molar-refractivity contribution is -0.189. The number of hydrogen-bond acceptors (Lipinski definition) is 5. The van der Waals surface area contributed by atoms with Gasteiger partial charge in [0, 0.05) is 12.3 Å². The summed E-state index contributed by atoms with van der Waals surface area (Å²) in [5.41, 5.74) is 1.34. The highest BCUT2D eigenvalue weighted by Gasteiger charge is 2.70. The van der Waals surface area contributed by atoms with E-state index in [0.717, 1.165) is 5.56 Å². The van der Waals surface area contributed by atoms with E-state index >= 15 is 0 Å². The summed E-state index contributed by atoms with van der Waals surface area (Å²) in [6.45, 7) is 33.2. The first-order valence-corrected chi connectivity index (χ1v) is 21.5. The second-order valence-corrected chi connectivity index (χ2v) is 26.3. The Balaban J connectivity index is 2.06. The Labute approximate surface area is 260 Å². The molecule has 2 fully saturated rings. The van der Waals surface area contributed by atoms with Gasteiger partial charge < -0.3 is 18.3 Å². The van der Waals surface area contributed by atoms with Crippen LogP contribution in [0, 0.1) is 17.3 Å². The maximum absolute atomic E-state index is 13.2. The molecule has 240 valence electrons. The fraction of sp³-hybridized carbons (Fsp3) is 0.800. The van der Waals surface area contributed by atoms with Crippen LogP contribution in [0.4, 0.5) is 0 Å². The normalized spacial score (nSPS) is 27.5. The predicted octanol–water partition coefficient (Wildman–Crippen LogP) is 9.52. The second kappa shape index (κ2) is 12.8. The molecule has 5 nitrogen and oxygen atoms in total. The topological polar surface area (TPSA) is 54.0 Å². The SMILES string of the molecule is CC(C)[Si](O[C@@H]1C[C@@]2([C@@](C)(COCc3ccccc3)[C@H](C)O[Si](C)(C)C(C)(C)C)OC(=O)C[C@H]2[C@@H]1C)(C(C)C)C(C)C. The van der Waals surface area contributed by atoms with Gasteiger partial charge in [0.05, 0.1) is 37.3 Å². The molecule has 0 amide bonds. The van der Waals surface area contributed by atoms with Crippen molar-refractivity contribution in [2.24, 2.45) is 17.3 Å². The number of fused-ring (bicyclic) bond motifs is 1. The third-order valence-electron chi connectivity index (χ3n) is 11.7. The molecule has 0 aromatic heterocycles. The summed E-state index contributed by atoms with van der Waals surface area (Å²) in [6, 6.07) is 10.3. The Kier molecular flexibility index (Phi) is 10.8. The van der Waals surface area contributed by atoms with Gasteiger partial charge in [0.1, 0.15) is 5.60 Å². The van der Waals surface area contributed by atoms with Gasteiger partial charge in [-0.25, -0.2) is 0 Å². The first-order valence-electron chi connectivity index (χ1n) is 16.4. The summed E-state index contributed by atoms with van der Waals surface area (Å²) in [5, 5.41) is 0.0576. The lowest BCUT2D eigenvalue weighted by atomic mass is 9.64. The van der Waals surface area contributed by atoms with E-state index in [1.807, 2.05) is 18.2 Å². The summed E-state index contributed by atoms with van der Waals surface area (Å²) < 4.78 is 27.8. The zero-order chi connectivity index (χ0) is 31.9. The van der Waals surface area contributed by atoms with E-state index in [-0.39, 0.29) is 35.1 Å². The maximum atomic E-state index is 13.2. The van der Waals surface area contributed by atoms with Crippen LogP contribution in [0.25, 0.3) is 0 Å². The molecule has 42 heavy (non-hydrogen) atoms. The minimum Gasteiger partial charge on any atom is -0.458 e. The van der Waals surface area contributed by atoms with Crippen molar-refractivity contribution < 1.29 is 23.1 Å². The number of carbonyl (C=O) groups excluding carboxylic acids is 1. The first kappa shape index (κ1) is 35.5. The van der Waals surface area contributed by atoms with Crippen molar-refractivity contribution in [2.45, 2.75) is 155 Å². The Morgan fingerprint density at radius 3 is 2.00 bits per heavy atom. The molecule has 0 bridgehead atoms. The van der Waals surface area contributed by atoms with Gasteiger partial charge in [-0.05, 0) is 53.2 Å². The first-order chi connectivity index (χ1) is 19.2. The smallest absolute Gasteiger partial charge is 0.306 e. The Bertz CT molecular complexity index is 1030. The van der Waals surface area contributed by atoms with E-state index in [1.54, 1.807) is 0 Å². The van der Waals surface area contributed by atoms with Gasteiger partial charge >= 0.3 is 5.97 Å². The zero-order valence-corrected chi connectivity index (χ0v) is 31.3. The van der Waals surface area contributed by atoms with Crippen molar-refractivity contribution in [1.82, 2.24) is 0 Å². The highest BCUT2D eigenvalue weighted by atomic mass is 28.4. The van der Waals surface area contributed by atoms with Crippen LogP contribution in [0.2, 0.25) is 34.8 Å². The molecule has 1 saturated heterocycles. The van der Waals surface area contributed by atoms with E-state index < -0.39 is 27.7 Å². The van der Waals surface area contributed by atoms with E-state index in [4.69, 9.17) is 18.3 Å². The average molecular weight is 619 g/mol. The molecule has 7 heteroatoms. The largest absolute Gasteiger partial charge is 0.458 e. The van der Waals surface area contributed by atoms with Crippen LogP contribution in [0.1, 0.15) is 101 Å². The van der Waals surface area contributed by atoms with E-state index in [2.05, 4.69) is 108 Å². The monoisotopic (exact) mass is 618 g/mol. The highest BCUT2D eigenvalue weighted by molar-refractivity contribution is 6.77. The lowest BCUT2D eigenvalue weighted by Gasteiger charge is -2.52. The van der Waals surface area contributed by atoms with Crippen molar-refractivity contribution >= 4 is 22.6 Å². The fourth-order valence-corrected chi connectivity index (χ4v) is 15.2. The van der Waals surface area contributed by atoms with Crippen molar-refractivity contribution in [3.63, 3.8) is 0 Å². The molecular weight excluding hydrogens is 557 g/mol. The van der Waals surface area contributed by atoms with Crippen LogP contribution in [0.5, 0.6) is 0 Å². The van der Waals surface area contributed by atoms with Gasteiger partial charge in [0.2, 0.25) is 8.32 Å². The van der Waals surface area contributed by atoms with E-state index in [1.165, 1.54) is 0 Å². The van der Waals surface area contributed by atoms with Crippen LogP contribution >= 0.6 is 0 Å².